The van der Waals surface area contributed by atoms with Gasteiger partial charge in [0.25, 0.3) is 0 Å². The largest absolute Gasteiger partial charge is 0.382 e. The van der Waals surface area contributed by atoms with E-state index in [1.54, 1.807) is 6.92 Å². The van der Waals surface area contributed by atoms with E-state index in [4.69, 9.17) is 5.73 Å². The zero-order chi connectivity index (χ0) is 14.9. The van der Waals surface area contributed by atoms with Crippen molar-refractivity contribution in [2.45, 2.75) is 43.7 Å². The number of hydrogen-bond acceptors (Lipinski definition) is 7. The lowest BCUT2D eigenvalue weighted by Gasteiger charge is -2.24. The highest BCUT2D eigenvalue weighted by molar-refractivity contribution is 7.91. The molecule has 0 saturated heterocycles. The third kappa shape index (κ3) is 3.24. The van der Waals surface area contributed by atoms with Crippen LogP contribution in [0.4, 0.5) is 10.8 Å². The van der Waals surface area contributed by atoms with Gasteiger partial charge in [-0.15, -0.1) is 0 Å². The molecule has 1 aromatic rings. The molecule has 20 heavy (non-hydrogen) atoms. The van der Waals surface area contributed by atoms with E-state index in [9.17, 15) is 8.42 Å². The Kier molecular flexibility index (Phi) is 4.55. The zero-order valence-electron chi connectivity index (χ0n) is 12.1. The summed E-state index contributed by atoms with van der Waals surface area (Å²) in [5, 5.41) is 3.75. The molecule has 2 rings (SSSR count). The summed E-state index contributed by atoms with van der Waals surface area (Å²) in [5.74, 6) is 0.129. The highest BCUT2D eigenvalue weighted by Crippen LogP contribution is 2.32. The first-order valence-corrected chi connectivity index (χ1v) is 9.23. The Labute approximate surface area is 124 Å². The van der Waals surface area contributed by atoms with Gasteiger partial charge in [0.15, 0.2) is 15.7 Å². The predicted molar refractivity (Wildman–Crippen MR) is 83.0 cm³/mol. The van der Waals surface area contributed by atoms with Gasteiger partial charge in [-0.1, -0.05) is 6.92 Å². The van der Waals surface area contributed by atoms with Crippen molar-refractivity contribution in [3.05, 3.63) is 0 Å². The molecule has 0 bridgehead atoms. The van der Waals surface area contributed by atoms with Crippen molar-refractivity contribution >= 4 is 32.2 Å². The van der Waals surface area contributed by atoms with Crippen molar-refractivity contribution in [1.82, 2.24) is 9.27 Å². The van der Waals surface area contributed by atoms with Gasteiger partial charge in [0.2, 0.25) is 0 Å². The van der Waals surface area contributed by atoms with E-state index in [-0.39, 0.29) is 16.5 Å². The van der Waals surface area contributed by atoms with Crippen LogP contribution in [0.15, 0.2) is 4.90 Å². The van der Waals surface area contributed by atoms with E-state index in [1.807, 2.05) is 0 Å². The van der Waals surface area contributed by atoms with Gasteiger partial charge in [0.1, 0.15) is 9.90 Å². The summed E-state index contributed by atoms with van der Waals surface area (Å²) in [6.07, 6.45) is 2.51. The molecule has 1 aromatic heterocycles. The second kappa shape index (κ2) is 5.87. The van der Waals surface area contributed by atoms with Gasteiger partial charge >= 0.3 is 0 Å². The summed E-state index contributed by atoms with van der Waals surface area (Å²) in [4.78, 5) is 2.48. The third-order valence-corrected chi connectivity index (χ3v) is 6.48. The molecule has 8 heteroatoms. The number of likely N-dealkylation sites (N-methyl/N-ethyl adjacent to an activating group) is 1. The highest BCUT2D eigenvalue weighted by Gasteiger charge is 2.29. The SMILES string of the molecule is CCS(=O)(=O)c1c(N)nsc1NCC(C)N(C)C1CC1. The van der Waals surface area contributed by atoms with Crippen LogP contribution >= 0.6 is 11.5 Å². The van der Waals surface area contributed by atoms with Gasteiger partial charge in [-0.25, -0.2) is 8.42 Å². The number of aromatic nitrogens is 1. The Morgan fingerprint density at radius 3 is 2.75 bits per heavy atom. The van der Waals surface area contributed by atoms with Gasteiger partial charge in [-0.2, -0.15) is 4.37 Å². The maximum absolute atomic E-state index is 12.0. The van der Waals surface area contributed by atoms with Gasteiger partial charge < -0.3 is 11.1 Å². The number of nitrogens with two attached hydrogens (primary N) is 1. The van der Waals surface area contributed by atoms with Crippen LogP contribution in [0.3, 0.4) is 0 Å². The monoisotopic (exact) mass is 318 g/mol. The van der Waals surface area contributed by atoms with E-state index in [0.29, 0.717) is 23.6 Å². The molecule has 3 N–H and O–H groups in total. The number of nitrogen functional groups attached to an aromatic ring is 1. The highest BCUT2D eigenvalue weighted by atomic mass is 32.2. The molecule has 6 nitrogen and oxygen atoms in total. The standard InChI is InChI=1S/C12H22N4O2S2/c1-4-20(17,18)10-11(13)15-19-12(10)14-7-8(2)16(3)9-5-6-9/h8-9,14H,4-7H2,1-3H3,(H2,13,15). The number of rotatable bonds is 7. The first-order valence-electron chi connectivity index (χ1n) is 6.80. The topological polar surface area (TPSA) is 88.3 Å². The molecule has 1 aliphatic rings. The molecule has 1 atom stereocenters. The fourth-order valence-corrected chi connectivity index (χ4v) is 4.25. The minimum absolute atomic E-state index is 0.0296. The Morgan fingerprint density at radius 2 is 2.20 bits per heavy atom. The smallest absolute Gasteiger partial charge is 0.184 e. The van der Waals surface area contributed by atoms with E-state index in [0.717, 1.165) is 11.5 Å². The fourth-order valence-electron chi connectivity index (χ4n) is 2.08. The summed E-state index contributed by atoms with van der Waals surface area (Å²) < 4.78 is 28.0. The normalized spacial score (nSPS) is 17.4. The molecule has 0 radical (unpaired) electrons. The van der Waals surface area contributed by atoms with Crippen LogP contribution in [-0.2, 0) is 9.84 Å². The van der Waals surface area contributed by atoms with E-state index >= 15 is 0 Å². The molecule has 1 unspecified atom stereocenters. The lowest BCUT2D eigenvalue weighted by Crippen LogP contribution is -2.36. The number of sulfone groups is 1. The molecule has 0 spiro atoms. The van der Waals surface area contributed by atoms with Crippen LogP contribution < -0.4 is 11.1 Å². The summed E-state index contributed by atoms with van der Waals surface area (Å²) in [6, 6.07) is 1.01. The molecule has 114 valence electrons. The molecule has 1 aliphatic carbocycles. The lowest BCUT2D eigenvalue weighted by atomic mass is 10.3. The summed E-state index contributed by atoms with van der Waals surface area (Å²) in [7, 11) is -1.24. The molecule has 1 heterocycles. The van der Waals surface area contributed by atoms with Crippen molar-refractivity contribution in [1.29, 1.82) is 0 Å². The van der Waals surface area contributed by atoms with Gasteiger partial charge in [-0.3, -0.25) is 4.90 Å². The minimum Gasteiger partial charge on any atom is -0.382 e. The number of nitrogens with zero attached hydrogens (tertiary/aromatic N) is 2. The van der Waals surface area contributed by atoms with Crippen LogP contribution in [0.1, 0.15) is 26.7 Å². The first kappa shape index (κ1) is 15.5. The molecule has 0 amide bonds. The van der Waals surface area contributed by atoms with Crippen molar-refractivity contribution in [3.63, 3.8) is 0 Å². The first-order chi connectivity index (χ1) is 9.36. The van der Waals surface area contributed by atoms with Crippen LogP contribution in [0.25, 0.3) is 0 Å². The summed E-state index contributed by atoms with van der Waals surface area (Å²) in [5.41, 5.74) is 5.70. The Bertz CT molecular complexity index is 566. The maximum Gasteiger partial charge on any atom is 0.184 e. The predicted octanol–water partition coefficient (Wildman–Crippen LogP) is 1.41. The van der Waals surface area contributed by atoms with E-state index in [2.05, 4.69) is 28.6 Å². The van der Waals surface area contributed by atoms with Crippen molar-refractivity contribution in [3.8, 4) is 0 Å². The van der Waals surface area contributed by atoms with Gasteiger partial charge in [0, 0.05) is 18.6 Å². The van der Waals surface area contributed by atoms with Crippen molar-refractivity contribution in [2.24, 2.45) is 0 Å². The van der Waals surface area contributed by atoms with E-state index in [1.165, 1.54) is 12.8 Å². The van der Waals surface area contributed by atoms with Gasteiger partial charge in [-0.05, 0) is 38.3 Å². The fraction of sp³-hybridized carbons (Fsp3) is 0.750. The number of hydrogen-bond donors (Lipinski definition) is 2. The van der Waals surface area contributed by atoms with Crippen LogP contribution in [0.5, 0.6) is 0 Å². The molecule has 1 fully saturated rings. The van der Waals surface area contributed by atoms with Gasteiger partial charge in [0.05, 0.1) is 5.75 Å². The maximum atomic E-state index is 12.0. The van der Waals surface area contributed by atoms with Crippen molar-refractivity contribution in [2.75, 3.05) is 30.4 Å². The Balaban J connectivity index is 2.06. The quantitative estimate of drug-likeness (QED) is 0.790. The van der Waals surface area contributed by atoms with Crippen LogP contribution in [0, 0.1) is 0 Å². The average molecular weight is 318 g/mol. The Hall–Kier alpha value is -0.860. The van der Waals surface area contributed by atoms with Crippen molar-refractivity contribution < 1.29 is 8.42 Å². The molecular weight excluding hydrogens is 296 g/mol. The summed E-state index contributed by atoms with van der Waals surface area (Å²) in [6.45, 7) is 4.42. The molecule has 0 aromatic carbocycles. The molecule has 0 aliphatic heterocycles. The van der Waals surface area contributed by atoms with Crippen LogP contribution in [0.2, 0.25) is 0 Å². The van der Waals surface area contributed by atoms with Crippen LogP contribution in [-0.4, -0.2) is 49.1 Å². The summed E-state index contributed by atoms with van der Waals surface area (Å²) >= 11 is 1.11. The zero-order valence-corrected chi connectivity index (χ0v) is 13.7. The number of nitrogens with one attached hydrogen (secondary N) is 1. The number of anilines is 2. The second-order valence-corrected chi connectivity index (χ2v) is 8.24. The average Bonchev–Trinajstić information content (AvgIpc) is 3.18. The third-order valence-electron chi connectivity index (χ3n) is 3.74. The second-order valence-electron chi connectivity index (χ2n) is 5.26. The Morgan fingerprint density at radius 1 is 1.55 bits per heavy atom. The van der Waals surface area contributed by atoms with E-state index < -0.39 is 9.84 Å². The minimum atomic E-state index is -3.34. The molecule has 1 saturated carbocycles. The molecular formula is C12H22N4O2S2. The lowest BCUT2D eigenvalue weighted by molar-refractivity contribution is 0.257.